The van der Waals surface area contributed by atoms with Crippen LogP contribution in [0.5, 0.6) is 0 Å². The molecular weight excluding hydrogens is 210 g/mol. The Kier molecular flexibility index (Phi) is 3.32. The Balaban J connectivity index is 1.98. The lowest BCUT2D eigenvalue weighted by Crippen LogP contribution is -2.41. The fraction of sp³-hybridized carbons (Fsp3) is 0.727. The van der Waals surface area contributed by atoms with Gasteiger partial charge in [-0.1, -0.05) is 0 Å². The fourth-order valence-electron chi connectivity index (χ4n) is 2.14. The maximum Gasteiger partial charge on any atom is 0.0534 e. The number of rotatable bonds is 2. The number of aromatic nitrogens is 2. The van der Waals surface area contributed by atoms with Gasteiger partial charge in [0.15, 0.2) is 0 Å². The third-order valence-electron chi connectivity index (χ3n) is 3.10. The summed E-state index contributed by atoms with van der Waals surface area (Å²) in [6, 6.07) is 0.639. The molecule has 0 bridgehead atoms. The minimum Gasteiger partial charge on any atom is -0.295 e. The summed E-state index contributed by atoms with van der Waals surface area (Å²) in [4.78, 5) is 2.44. The second-order valence-electron chi connectivity index (χ2n) is 4.48. The van der Waals surface area contributed by atoms with E-state index in [1.807, 2.05) is 17.9 Å². The van der Waals surface area contributed by atoms with Crippen molar-refractivity contribution in [2.45, 2.75) is 37.7 Å². The van der Waals surface area contributed by atoms with Crippen LogP contribution in [-0.4, -0.2) is 32.6 Å². The first-order valence-electron chi connectivity index (χ1n) is 5.51. The molecule has 4 heteroatoms. The van der Waals surface area contributed by atoms with E-state index in [1.54, 1.807) is 0 Å². The topological polar surface area (TPSA) is 21.1 Å². The summed E-state index contributed by atoms with van der Waals surface area (Å²) in [5, 5.41) is 4.50. The number of aryl methyl sites for hydroxylation is 1. The Labute approximate surface area is 96.0 Å². The molecule has 2 unspecified atom stereocenters. The molecule has 84 valence electrons. The Hall–Kier alpha value is -0.540. The number of hydrogen-bond donors (Lipinski definition) is 0. The summed E-state index contributed by atoms with van der Waals surface area (Å²) in [7, 11) is 1.95. The standard InChI is InChI=1S/C11H18ClN3/c1-9-3-4-11(12)8-15(9)7-10-5-13-14(2)6-10/h5-6,9,11H,3-4,7-8H2,1-2H3. The first kappa shape index (κ1) is 11.0. The van der Waals surface area contributed by atoms with E-state index in [0.29, 0.717) is 11.4 Å². The SMILES string of the molecule is CC1CCC(Cl)CN1Cc1cnn(C)c1. The molecule has 0 aromatic carbocycles. The van der Waals surface area contributed by atoms with Crippen molar-refractivity contribution in [3.8, 4) is 0 Å². The highest BCUT2D eigenvalue weighted by Gasteiger charge is 2.24. The molecule has 1 aliphatic heterocycles. The zero-order valence-electron chi connectivity index (χ0n) is 9.36. The van der Waals surface area contributed by atoms with Crippen LogP contribution in [0.2, 0.25) is 0 Å². The molecular formula is C11H18ClN3. The van der Waals surface area contributed by atoms with Crippen LogP contribution in [0.15, 0.2) is 12.4 Å². The van der Waals surface area contributed by atoms with Gasteiger partial charge in [-0.25, -0.2) is 0 Å². The molecule has 0 amide bonds. The monoisotopic (exact) mass is 227 g/mol. The van der Waals surface area contributed by atoms with Crippen LogP contribution in [0.4, 0.5) is 0 Å². The van der Waals surface area contributed by atoms with Gasteiger partial charge in [-0.15, -0.1) is 11.6 Å². The summed E-state index contributed by atoms with van der Waals surface area (Å²) in [5.41, 5.74) is 1.27. The molecule has 1 fully saturated rings. The summed E-state index contributed by atoms with van der Waals surface area (Å²) in [6.07, 6.45) is 6.36. The van der Waals surface area contributed by atoms with Gasteiger partial charge in [-0.05, 0) is 19.8 Å². The predicted molar refractivity (Wildman–Crippen MR) is 62.0 cm³/mol. The average Bonchev–Trinajstić information content (AvgIpc) is 2.58. The molecule has 0 aliphatic carbocycles. The lowest BCUT2D eigenvalue weighted by atomic mass is 10.0. The molecule has 1 aromatic rings. The van der Waals surface area contributed by atoms with E-state index in [-0.39, 0.29) is 0 Å². The molecule has 1 aromatic heterocycles. The van der Waals surface area contributed by atoms with Gasteiger partial charge in [0.25, 0.3) is 0 Å². The van der Waals surface area contributed by atoms with Gasteiger partial charge >= 0.3 is 0 Å². The smallest absolute Gasteiger partial charge is 0.0534 e. The highest BCUT2D eigenvalue weighted by molar-refractivity contribution is 6.20. The molecule has 15 heavy (non-hydrogen) atoms. The second kappa shape index (κ2) is 4.54. The molecule has 2 rings (SSSR count). The third-order valence-corrected chi connectivity index (χ3v) is 3.45. The highest BCUT2D eigenvalue weighted by atomic mass is 35.5. The molecule has 0 radical (unpaired) electrons. The molecule has 1 aliphatic rings. The minimum absolute atomic E-state index is 0.317. The number of halogens is 1. The first-order valence-corrected chi connectivity index (χ1v) is 5.94. The third kappa shape index (κ3) is 2.73. The van der Waals surface area contributed by atoms with Crippen molar-refractivity contribution in [1.82, 2.24) is 14.7 Å². The molecule has 0 spiro atoms. The van der Waals surface area contributed by atoms with E-state index in [1.165, 1.54) is 12.0 Å². The van der Waals surface area contributed by atoms with E-state index in [0.717, 1.165) is 19.5 Å². The summed E-state index contributed by atoms with van der Waals surface area (Å²) in [6.45, 7) is 4.25. The van der Waals surface area contributed by atoms with Crippen molar-refractivity contribution in [3.05, 3.63) is 18.0 Å². The van der Waals surface area contributed by atoms with Crippen molar-refractivity contribution < 1.29 is 0 Å². The number of hydrogen-bond acceptors (Lipinski definition) is 2. The minimum atomic E-state index is 0.317. The number of piperidine rings is 1. The van der Waals surface area contributed by atoms with Gasteiger partial charge in [-0.2, -0.15) is 5.10 Å². The molecule has 0 saturated carbocycles. The van der Waals surface area contributed by atoms with Crippen LogP contribution in [0.3, 0.4) is 0 Å². The van der Waals surface area contributed by atoms with Crippen molar-refractivity contribution in [2.75, 3.05) is 6.54 Å². The van der Waals surface area contributed by atoms with E-state index < -0.39 is 0 Å². The van der Waals surface area contributed by atoms with Crippen LogP contribution in [0, 0.1) is 0 Å². The quantitative estimate of drug-likeness (QED) is 0.721. The summed E-state index contributed by atoms with van der Waals surface area (Å²) in [5.74, 6) is 0. The maximum atomic E-state index is 6.19. The van der Waals surface area contributed by atoms with Gasteiger partial charge in [0, 0.05) is 43.3 Å². The normalized spacial score (nSPS) is 28.2. The number of likely N-dealkylation sites (tertiary alicyclic amines) is 1. The average molecular weight is 228 g/mol. The zero-order chi connectivity index (χ0) is 10.8. The molecule has 0 N–H and O–H groups in total. The van der Waals surface area contributed by atoms with Crippen LogP contribution in [-0.2, 0) is 13.6 Å². The Morgan fingerprint density at radius 3 is 3.00 bits per heavy atom. The molecule has 2 atom stereocenters. The van der Waals surface area contributed by atoms with E-state index >= 15 is 0 Å². The van der Waals surface area contributed by atoms with Crippen LogP contribution in [0.1, 0.15) is 25.3 Å². The first-order chi connectivity index (χ1) is 7.15. The van der Waals surface area contributed by atoms with Gasteiger partial charge in [0.05, 0.1) is 6.20 Å². The van der Waals surface area contributed by atoms with Crippen molar-refractivity contribution >= 4 is 11.6 Å². The van der Waals surface area contributed by atoms with E-state index in [9.17, 15) is 0 Å². The second-order valence-corrected chi connectivity index (χ2v) is 5.09. The summed E-state index contributed by atoms with van der Waals surface area (Å²) < 4.78 is 1.85. The predicted octanol–water partition coefficient (Wildman–Crippen LogP) is 2.01. The number of alkyl halides is 1. The van der Waals surface area contributed by atoms with Gasteiger partial charge in [-0.3, -0.25) is 9.58 Å². The summed E-state index contributed by atoms with van der Waals surface area (Å²) >= 11 is 6.19. The molecule has 2 heterocycles. The Morgan fingerprint density at radius 2 is 2.33 bits per heavy atom. The van der Waals surface area contributed by atoms with Gasteiger partial charge in [0.1, 0.15) is 0 Å². The largest absolute Gasteiger partial charge is 0.295 e. The fourth-order valence-corrected chi connectivity index (χ4v) is 2.44. The maximum absolute atomic E-state index is 6.19. The van der Waals surface area contributed by atoms with Crippen LogP contribution < -0.4 is 0 Å². The molecule has 1 saturated heterocycles. The van der Waals surface area contributed by atoms with Crippen molar-refractivity contribution in [1.29, 1.82) is 0 Å². The zero-order valence-corrected chi connectivity index (χ0v) is 10.1. The van der Waals surface area contributed by atoms with Crippen molar-refractivity contribution in [3.63, 3.8) is 0 Å². The van der Waals surface area contributed by atoms with E-state index in [2.05, 4.69) is 23.1 Å². The van der Waals surface area contributed by atoms with Crippen molar-refractivity contribution in [2.24, 2.45) is 7.05 Å². The van der Waals surface area contributed by atoms with Crippen LogP contribution >= 0.6 is 11.6 Å². The Morgan fingerprint density at radius 1 is 1.53 bits per heavy atom. The number of nitrogens with zero attached hydrogens (tertiary/aromatic N) is 3. The molecule has 3 nitrogen and oxygen atoms in total. The highest BCUT2D eigenvalue weighted by Crippen LogP contribution is 2.22. The van der Waals surface area contributed by atoms with Gasteiger partial charge in [0.2, 0.25) is 0 Å². The van der Waals surface area contributed by atoms with E-state index in [4.69, 9.17) is 11.6 Å². The lowest BCUT2D eigenvalue weighted by Gasteiger charge is -2.35. The Bertz CT molecular complexity index is 323. The van der Waals surface area contributed by atoms with Crippen LogP contribution in [0.25, 0.3) is 0 Å². The van der Waals surface area contributed by atoms with Gasteiger partial charge < -0.3 is 0 Å². The lowest BCUT2D eigenvalue weighted by molar-refractivity contribution is 0.155.